The lowest BCUT2D eigenvalue weighted by atomic mass is 10.0. The third-order valence-corrected chi connectivity index (χ3v) is 5.16. The minimum absolute atomic E-state index is 0.0227. The zero-order chi connectivity index (χ0) is 21.8. The summed E-state index contributed by atoms with van der Waals surface area (Å²) < 4.78 is 47.7. The summed E-state index contributed by atoms with van der Waals surface area (Å²) in [6, 6.07) is 2.83. The molecule has 0 saturated carbocycles. The molecular formula is C19H26FN3O5S. The topological polar surface area (TPSA) is 107 Å². The zero-order valence-corrected chi connectivity index (χ0v) is 18.0. The van der Waals surface area contributed by atoms with Crippen molar-refractivity contribution < 1.29 is 27.1 Å². The van der Waals surface area contributed by atoms with Crippen LogP contribution in [0, 0.1) is 5.82 Å². The molecule has 10 heteroatoms. The molecule has 0 unspecified atom stereocenters. The molecule has 1 aromatic heterocycles. The Balaban J connectivity index is 2.41. The van der Waals surface area contributed by atoms with E-state index in [4.69, 9.17) is 9.47 Å². The second-order valence-corrected chi connectivity index (χ2v) is 9.49. The Morgan fingerprint density at radius 3 is 2.55 bits per heavy atom. The second-order valence-electron chi connectivity index (χ2n) is 7.23. The van der Waals surface area contributed by atoms with Crippen LogP contribution in [0.1, 0.15) is 33.0 Å². The number of nitrogens with zero attached hydrogens (tertiary/aromatic N) is 2. The van der Waals surface area contributed by atoms with Gasteiger partial charge in [0, 0.05) is 18.4 Å². The van der Waals surface area contributed by atoms with Crippen LogP contribution in [0.5, 0.6) is 5.88 Å². The SMILES string of the molecule is CCc1nc(OCCCS(C)(=O)=O)c2cc(NC(C)(C)C(=O)OC)cc(F)c2n1. The van der Waals surface area contributed by atoms with Crippen LogP contribution in [-0.4, -0.2) is 55.6 Å². The summed E-state index contributed by atoms with van der Waals surface area (Å²) in [6.45, 7) is 5.16. The third kappa shape index (κ3) is 5.99. The molecule has 8 nitrogen and oxygen atoms in total. The quantitative estimate of drug-likeness (QED) is 0.480. The second kappa shape index (κ2) is 8.89. The molecule has 2 rings (SSSR count). The first-order valence-electron chi connectivity index (χ1n) is 9.14. The number of aromatic nitrogens is 2. The van der Waals surface area contributed by atoms with Crippen LogP contribution < -0.4 is 10.1 Å². The number of aryl methyl sites for hydroxylation is 1. The average Bonchev–Trinajstić information content (AvgIpc) is 2.63. The van der Waals surface area contributed by atoms with Crippen molar-refractivity contribution in [2.75, 3.05) is 31.0 Å². The van der Waals surface area contributed by atoms with E-state index in [9.17, 15) is 17.6 Å². The summed E-state index contributed by atoms with van der Waals surface area (Å²) in [5.74, 6) is -0.550. The highest BCUT2D eigenvalue weighted by atomic mass is 32.2. The van der Waals surface area contributed by atoms with E-state index in [1.54, 1.807) is 19.9 Å². The molecule has 0 bridgehead atoms. The van der Waals surface area contributed by atoms with Gasteiger partial charge < -0.3 is 14.8 Å². The molecule has 0 aliphatic carbocycles. The Morgan fingerprint density at radius 2 is 1.97 bits per heavy atom. The van der Waals surface area contributed by atoms with Crippen LogP contribution in [-0.2, 0) is 25.8 Å². The Labute approximate surface area is 169 Å². The molecular weight excluding hydrogens is 401 g/mol. The fraction of sp³-hybridized carbons (Fsp3) is 0.526. The molecule has 0 fully saturated rings. The third-order valence-electron chi connectivity index (χ3n) is 4.13. The number of carbonyl (C=O) groups is 1. The van der Waals surface area contributed by atoms with Gasteiger partial charge in [-0.25, -0.2) is 22.6 Å². The van der Waals surface area contributed by atoms with Crippen molar-refractivity contribution in [1.29, 1.82) is 0 Å². The maximum atomic E-state index is 14.8. The molecule has 0 amide bonds. The van der Waals surface area contributed by atoms with E-state index < -0.39 is 27.2 Å². The molecule has 29 heavy (non-hydrogen) atoms. The number of carbonyl (C=O) groups excluding carboxylic acids is 1. The Morgan fingerprint density at radius 1 is 1.28 bits per heavy atom. The summed E-state index contributed by atoms with van der Waals surface area (Å²) in [5.41, 5.74) is -0.661. The van der Waals surface area contributed by atoms with Gasteiger partial charge in [-0.2, -0.15) is 4.98 Å². The summed E-state index contributed by atoms with van der Waals surface area (Å²) in [4.78, 5) is 20.5. The van der Waals surface area contributed by atoms with Crippen molar-refractivity contribution in [2.45, 2.75) is 39.2 Å². The van der Waals surface area contributed by atoms with Gasteiger partial charge in [-0.15, -0.1) is 0 Å². The smallest absolute Gasteiger partial charge is 0.330 e. The molecule has 0 aliphatic rings. The van der Waals surface area contributed by atoms with Gasteiger partial charge in [0.1, 0.15) is 26.7 Å². The average molecular weight is 427 g/mol. The number of rotatable bonds is 9. The zero-order valence-electron chi connectivity index (χ0n) is 17.2. The first-order chi connectivity index (χ1) is 13.5. The first-order valence-corrected chi connectivity index (χ1v) is 11.2. The number of sulfone groups is 1. The maximum absolute atomic E-state index is 14.8. The normalized spacial score (nSPS) is 12.1. The molecule has 1 N–H and O–H groups in total. The molecule has 1 heterocycles. The van der Waals surface area contributed by atoms with Crippen molar-refractivity contribution in [2.24, 2.45) is 0 Å². The highest BCUT2D eigenvalue weighted by Gasteiger charge is 2.29. The number of fused-ring (bicyclic) bond motifs is 1. The summed E-state index contributed by atoms with van der Waals surface area (Å²) in [7, 11) is -1.83. The fourth-order valence-corrected chi connectivity index (χ4v) is 3.35. The number of nitrogens with one attached hydrogen (secondary N) is 1. The van der Waals surface area contributed by atoms with Crippen LogP contribution in [0.2, 0.25) is 0 Å². The highest BCUT2D eigenvalue weighted by molar-refractivity contribution is 7.90. The van der Waals surface area contributed by atoms with Gasteiger partial charge in [0.15, 0.2) is 5.82 Å². The number of ether oxygens (including phenoxy) is 2. The van der Waals surface area contributed by atoms with Crippen LogP contribution in [0.25, 0.3) is 10.9 Å². The van der Waals surface area contributed by atoms with Gasteiger partial charge in [-0.3, -0.25) is 0 Å². The maximum Gasteiger partial charge on any atom is 0.330 e. The Kier molecular flexibility index (Phi) is 6.99. The Bertz CT molecular complexity index is 1010. The van der Waals surface area contributed by atoms with Crippen molar-refractivity contribution in [3.63, 3.8) is 0 Å². The van der Waals surface area contributed by atoms with E-state index in [1.165, 1.54) is 13.2 Å². The summed E-state index contributed by atoms with van der Waals surface area (Å²) in [6.07, 6.45) is 1.91. The van der Waals surface area contributed by atoms with E-state index in [0.717, 1.165) is 6.26 Å². The van der Waals surface area contributed by atoms with Crippen molar-refractivity contribution in [1.82, 2.24) is 9.97 Å². The first kappa shape index (κ1) is 22.8. The van der Waals surface area contributed by atoms with Crippen LogP contribution in [0.3, 0.4) is 0 Å². The van der Waals surface area contributed by atoms with Crippen LogP contribution in [0.15, 0.2) is 12.1 Å². The Hall–Kier alpha value is -2.49. The van der Waals surface area contributed by atoms with Gasteiger partial charge in [0.05, 0.1) is 24.9 Å². The number of esters is 1. The minimum Gasteiger partial charge on any atom is -0.477 e. The number of hydrogen-bond donors (Lipinski definition) is 1. The number of halogens is 1. The molecule has 1 aromatic carbocycles. The van der Waals surface area contributed by atoms with E-state index in [-0.39, 0.29) is 30.2 Å². The highest BCUT2D eigenvalue weighted by Crippen LogP contribution is 2.30. The van der Waals surface area contributed by atoms with Gasteiger partial charge in [-0.05, 0) is 32.4 Å². The van der Waals surface area contributed by atoms with Crippen molar-refractivity contribution in [3.8, 4) is 5.88 Å². The predicted molar refractivity (Wildman–Crippen MR) is 108 cm³/mol. The lowest BCUT2D eigenvalue weighted by Gasteiger charge is -2.24. The van der Waals surface area contributed by atoms with Gasteiger partial charge in [-0.1, -0.05) is 6.92 Å². The molecule has 0 spiro atoms. The lowest BCUT2D eigenvalue weighted by molar-refractivity contribution is -0.144. The van der Waals surface area contributed by atoms with Crippen LogP contribution in [0.4, 0.5) is 10.1 Å². The number of anilines is 1. The summed E-state index contributed by atoms with van der Waals surface area (Å²) in [5, 5.41) is 3.26. The van der Waals surface area contributed by atoms with E-state index in [0.29, 0.717) is 23.3 Å². The molecule has 0 saturated heterocycles. The van der Waals surface area contributed by atoms with Crippen molar-refractivity contribution in [3.05, 3.63) is 23.8 Å². The van der Waals surface area contributed by atoms with E-state index in [1.807, 2.05) is 6.92 Å². The number of benzene rings is 1. The van der Waals surface area contributed by atoms with Gasteiger partial charge in [0.25, 0.3) is 0 Å². The predicted octanol–water partition coefficient (Wildman–Crippen LogP) is 2.51. The summed E-state index contributed by atoms with van der Waals surface area (Å²) >= 11 is 0. The lowest BCUT2D eigenvalue weighted by Crippen LogP contribution is -2.41. The largest absolute Gasteiger partial charge is 0.477 e. The number of methoxy groups -OCH3 is 1. The molecule has 0 radical (unpaired) electrons. The minimum atomic E-state index is -3.10. The molecule has 160 valence electrons. The van der Waals surface area contributed by atoms with Gasteiger partial charge in [0.2, 0.25) is 5.88 Å². The fourth-order valence-electron chi connectivity index (χ4n) is 2.70. The van der Waals surface area contributed by atoms with E-state index in [2.05, 4.69) is 15.3 Å². The molecule has 0 atom stereocenters. The van der Waals surface area contributed by atoms with Gasteiger partial charge >= 0.3 is 5.97 Å². The van der Waals surface area contributed by atoms with Crippen molar-refractivity contribution >= 4 is 32.4 Å². The standard InChI is InChI=1S/C19H26FN3O5S/c1-6-15-21-16-13(17(22-15)28-8-7-9-29(5,25)26)10-12(11-14(16)20)23-19(2,3)18(24)27-4/h10-11,23H,6-9H2,1-5H3. The number of hydrogen-bond acceptors (Lipinski definition) is 8. The molecule has 0 aliphatic heterocycles. The monoisotopic (exact) mass is 427 g/mol. The molecule has 2 aromatic rings. The van der Waals surface area contributed by atoms with E-state index >= 15 is 0 Å². The van der Waals surface area contributed by atoms with Crippen LogP contribution >= 0.6 is 0 Å².